The van der Waals surface area contributed by atoms with Gasteiger partial charge in [0.2, 0.25) is 0 Å². The summed E-state index contributed by atoms with van der Waals surface area (Å²) >= 11 is 0. The number of aliphatic hydroxyl groups is 1. The van der Waals surface area contributed by atoms with Crippen molar-refractivity contribution in [3.8, 4) is 5.75 Å². The molecule has 0 aliphatic carbocycles. The highest BCUT2D eigenvalue weighted by molar-refractivity contribution is 6.51. The van der Waals surface area contributed by atoms with Crippen LogP contribution in [0.4, 0.5) is 10.1 Å². The zero-order valence-corrected chi connectivity index (χ0v) is 19.0. The van der Waals surface area contributed by atoms with Crippen molar-refractivity contribution in [3.05, 3.63) is 101 Å². The lowest BCUT2D eigenvalue weighted by Gasteiger charge is -2.25. The summed E-state index contributed by atoms with van der Waals surface area (Å²) in [6, 6.07) is 16.6. The number of halogens is 1. The number of anilines is 1. The number of nitrogens with zero attached hydrogens (tertiary/aromatic N) is 1. The number of benzene rings is 3. The van der Waals surface area contributed by atoms with Gasteiger partial charge in [-0.3, -0.25) is 14.5 Å². The average Bonchev–Trinajstić information content (AvgIpc) is 3.14. The Morgan fingerprint density at radius 1 is 1.00 bits per heavy atom. The van der Waals surface area contributed by atoms with Crippen LogP contribution in [0.25, 0.3) is 5.76 Å². The van der Waals surface area contributed by atoms with E-state index >= 15 is 0 Å². The van der Waals surface area contributed by atoms with Crippen LogP contribution in [0.2, 0.25) is 0 Å². The molecule has 35 heavy (non-hydrogen) atoms. The van der Waals surface area contributed by atoms with Crippen LogP contribution >= 0.6 is 0 Å². The van der Waals surface area contributed by atoms with Gasteiger partial charge in [0.05, 0.1) is 30.9 Å². The van der Waals surface area contributed by atoms with Crippen molar-refractivity contribution in [2.24, 2.45) is 0 Å². The van der Waals surface area contributed by atoms with E-state index in [1.165, 1.54) is 54.5 Å². The van der Waals surface area contributed by atoms with E-state index in [1.54, 1.807) is 37.3 Å². The molecule has 4 rings (SSSR count). The first kappa shape index (κ1) is 23.7. The van der Waals surface area contributed by atoms with Gasteiger partial charge in [-0.2, -0.15) is 0 Å². The number of rotatable bonds is 6. The van der Waals surface area contributed by atoms with Crippen LogP contribution in [0.3, 0.4) is 0 Å². The first-order valence-electron chi connectivity index (χ1n) is 10.8. The maximum Gasteiger partial charge on any atom is 0.338 e. The first-order chi connectivity index (χ1) is 16.8. The number of hydrogen-bond donors (Lipinski definition) is 1. The summed E-state index contributed by atoms with van der Waals surface area (Å²) in [4.78, 5) is 39.5. The fourth-order valence-corrected chi connectivity index (χ4v) is 3.97. The van der Waals surface area contributed by atoms with Crippen LogP contribution in [0.1, 0.15) is 34.5 Å². The summed E-state index contributed by atoms with van der Waals surface area (Å²) in [7, 11) is 1.50. The highest BCUT2D eigenvalue weighted by atomic mass is 19.1. The van der Waals surface area contributed by atoms with Crippen LogP contribution in [0, 0.1) is 5.82 Å². The Labute approximate surface area is 201 Å². The van der Waals surface area contributed by atoms with E-state index in [1.807, 2.05) is 0 Å². The molecule has 0 aromatic heterocycles. The topological polar surface area (TPSA) is 93.1 Å². The largest absolute Gasteiger partial charge is 0.507 e. The molecule has 1 aliphatic heterocycles. The predicted molar refractivity (Wildman–Crippen MR) is 127 cm³/mol. The van der Waals surface area contributed by atoms with Gasteiger partial charge in [0.25, 0.3) is 11.7 Å². The van der Waals surface area contributed by atoms with Crippen molar-refractivity contribution in [1.29, 1.82) is 0 Å². The van der Waals surface area contributed by atoms with E-state index in [4.69, 9.17) is 9.47 Å². The summed E-state index contributed by atoms with van der Waals surface area (Å²) in [6.07, 6.45) is 0. The van der Waals surface area contributed by atoms with Crippen LogP contribution in [-0.4, -0.2) is 36.5 Å². The summed E-state index contributed by atoms with van der Waals surface area (Å²) < 4.78 is 24.3. The highest BCUT2D eigenvalue weighted by Crippen LogP contribution is 2.42. The second-order valence-electron chi connectivity index (χ2n) is 7.72. The van der Waals surface area contributed by atoms with E-state index in [2.05, 4.69) is 0 Å². The van der Waals surface area contributed by atoms with Crippen molar-refractivity contribution in [2.75, 3.05) is 18.6 Å². The monoisotopic (exact) mass is 475 g/mol. The van der Waals surface area contributed by atoms with Gasteiger partial charge in [-0.15, -0.1) is 0 Å². The van der Waals surface area contributed by atoms with Gasteiger partial charge in [-0.1, -0.05) is 12.1 Å². The fraction of sp³-hybridized carbons (Fsp3) is 0.148. The highest BCUT2D eigenvalue weighted by Gasteiger charge is 2.47. The molecule has 1 atom stereocenters. The third-order valence-corrected chi connectivity index (χ3v) is 5.63. The van der Waals surface area contributed by atoms with E-state index in [-0.39, 0.29) is 17.7 Å². The zero-order valence-electron chi connectivity index (χ0n) is 19.0. The Hall–Kier alpha value is -4.46. The molecule has 1 amide bonds. The van der Waals surface area contributed by atoms with Gasteiger partial charge >= 0.3 is 5.97 Å². The molecule has 7 nitrogen and oxygen atoms in total. The number of hydrogen-bond acceptors (Lipinski definition) is 6. The van der Waals surface area contributed by atoms with Crippen LogP contribution < -0.4 is 9.64 Å². The molecule has 1 fully saturated rings. The molecular formula is C27H22FNO6. The molecule has 1 N–H and O–H groups in total. The SMILES string of the molecule is CCOC(=O)c1ccc(N2C(=O)C(=O)/C(=C(/O)c3ccc(OC)cc3)C2c2cccc(F)c2)cc1. The minimum absolute atomic E-state index is 0.180. The molecule has 1 aliphatic rings. The molecule has 3 aromatic rings. The molecule has 178 valence electrons. The molecule has 0 bridgehead atoms. The Morgan fingerprint density at radius 3 is 2.26 bits per heavy atom. The summed E-state index contributed by atoms with van der Waals surface area (Å²) in [5.74, 6) is -2.74. The molecule has 8 heteroatoms. The van der Waals surface area contributed by atoms with Gasteiger partial charge in [0, 0.05) is 11.3 Å². The lowest BCUT2D eigenvalue weighted by atomic mass is 9.95. The van der Waals surface area contributed by atoms with Crippen LogP contribution in [-0.2, 0) is 14.3 Å². The van der Waals surface area contributed by atoms with Gasteiger partial charge in [0.15, 0.2) is 0 Å². The molecule has 0 saturated carbocycles. The van der Waals surface area contributed by atoms with Gasteiger partial charge in [0.1, 0.15) is 17.3 Å². The summed E-state index contributed by atoms with van der Waals surface area (Å²) in [6.45, 7) is 1.90. The second kappa shape index (κ2) is 9.80. The molecule has 0 radical (unpaired) electrons. The minimum Gasteiger partial charge on any atom is -0.507 e. The fourth-order valence-electron chi connectivity index (χ4n) is 3.97. The number of methoxy groups -OCH3 is 1. The molecular weight excluding hydrogens is 453 g/mol. The van der Waals surface area contributed by atoms with E-state index in [0.717, 1.165) is 0 Å². The third kappa shape index (κ3) is 4.50. The van der Waals surface area contributed by atoms with Crippen molar-refractivity contribution in [1.82, 2.24) is 0 Å². The van der Waals surface area contributed by atoms with Crippen molar-refractivity contribution in [2.45, 2.75) is 13.0 Å². The van der Waals surface area contributed by atoms with Crippen LogP contribution in [0.15, 0.2) is 78.4 Å². The van der Waals surface area contributed by atoms with E-state index < -0.39 is 35.3 Å². The predicted octanol–water partition coefficient (Wildman–Crippen LogP) is 4.64. The number of ether oxygens (including phenoxy) is 2. The smallest absolute Gasteiger partial charge is 0.338 e. The second-order valence-corrected chi connectivity index (χ2v) is 7.72. The Balaban J connectivity index is 1.85. The number of aliphatic hydroxyl groups excluding tert-OH is 1. The summed E-state index contributed by atoms with van der Waals surface area (Å²) in [5, 5.41) is 11.1. The minimum atomic E-state index is -1.10. The zero-order chi connectivity index (χ0) is 25.1. The molecule has 1 unspecified atom stereocenters. The van der Waals surface area contributed by atoms with Crippen molar-refractivity contribution < 1.29 is 33.4 Å². The number of ketones is 1. The number of carbonyl (C=O) groups is 3. The standard InChI is InChI=1S/C27H22FNO6/c1-3-35-27(33)17-7-11-20(12-8-17)29-23(18-5-4-6-19(28)15-18)22(25(31)26(29)32)24(30)16-9-13-21(34-2)14-10-16/h4-15,23,30H,3H2,1-2H3/b24-22+. The Kier molecular flexibility index (Phi) is 6.64. The Morgan fingerprint density at radius 2 is 1.66 bits per heavy atom. The first-order valence-corrected chi connectivity index (χ1v) is 10.8. The lowest BCUT2D eigenvalue weighted by molar-refractivity contribution is -0.132. The van der Waals surface area contributed by atoms with Crippen molar-refractivity contribution >= 4 is 29.1 Å². The van der Waals surface area contributed by atoms with Gasteiger partial charge in [-0.25, -0.2) is 9.18 Å². The number of amides is 1. The number of esters is 1. The number of carbonyl (C=O) groups excluding carboxylic acids is 3. The number of Topliss-reactive ketones (excluding diaryl/α,β-unsaturated/α-hetero) is 1. The normalized spacial score (nSPS) is 16.9. The lowest BCUT2D eigenvalue weighted by Crippen LogP contribution is -2.29. The maximum atomic E-state index is 14.2. The van der Waals surface area contributed by atoms with Gasteiger partial charge in [-0.05, 0) is 73.2 Å². The quantitative estimate of drug-likeness (QED) is 0.242. The maximum absolute atomic E-state index is 14.2. The molecule has 3 aromatic carbocycles. The van der Waals surface area contributed by atoms with Gasteiger partial charge < -0.3 is 14.6 Å². The molecule has 1 heterocycles. The van der Waals surface area contributed by atoms with Crippen LogP contribution in [0.5, 0.6) is 5.75 Å². The van der Waals surface area contributed by atoms with Crippen molar-refractivity contribution in [3.63, 3.8) is 0 Å². The average molecular weight is 475 g/mol. The summed E-state index contributed by atoms with van der Waals surface area (Å²) in [5.41, 5.74) is 0.979. The van der Waals surface area contributed by atoms with E-state index in [9.17, 15) is 23.9 Å². The Bertz CT molecular complexity index is 1310. The molecule has 1 saturated heterocycles. The third-order valence-electron chi connectivity index (χ3n) is 5.63. The molecule has 0 spiro atoms. The van der Waals surface area contributed by atoms with E-state index in [0.29, 0.717) is 22.6 Å².